The highest BCUT2D eigenvalue weighted by Crippen LogP contribution is 2.11. The summed E-state index contributed by atoms with van der Waals surface area (Å²) in [4.78, 5) is 24.3. The van der Waals surface area contributed by atoms with Gasteiger partial charge in [0, 0.05) is 12.5 Å². The first-order valence-electron chi connectivity index (χ1n) is 7.57. The molecule has 1 saturated heterocycles. The quantitative estimate of drug-likeness (QED) is 0.760. The SMILES string of the molecule is C=CC(=CC)C(C)NC(=O)C1CCCN(C(=O)C(C)C)N1. The zero-order valence-electron chi connectivity index (χ0n) is 13.5. The van der Waals surface area contributed by atoms with Crippen LogP contribution in [0.5, 0.6) is 0 Å². The fraction of sp³-hybridized carbons (Fsp3) is 0.625. The summed E-state index contributed by atoms with van der Waals surface area (Å²) < 4.78 is 0. The summed E-state index contributed by atoms with van der Waals surface area (Å²) in [6, 6.07) is -0.440. The van der Waals surface area contributed by atoms with Gasteiger partial charge in [0.25, 0.3) is 0 Å². The average molecular weight is 293 g/mol. The topological polar surface area (TPSA) is 61.4 Å². The number of nitrogens with zero attached hydrogens (tertiary/aromatic N) is 1. The predicted molar refractivity (Wildman–Crippen MR) is 84.3 cm³/mol. The van der Waals surface area contributed by atoms with Crippen molar-refractivity contribution in [3.63, 3.8) is 0 Å². The molecule has 2 amide bonds. The lowest BCUT2D eigenvalue weighted by Gasteiger charge is -2.34. The van der Waals surface area contributed by atoms with Gasteiger partial charge in [-0.05, 0) is 32.3 Å². The van der Waals surface area contributed by atoms with E-state index in [0.717, 1.165) is 18.4 Å². The molecule has 1 heterocycles. The summed E-state index contributed by atoms with van der Waals surface area (Å²) in [6.07, 6.45) is 5.24. The monoisotopic (exact) mass is 293 g/mol. The van der Waals surface area contributed by atoms with Crippen molar-refractivity contribution in [2.75, 3.05) is 6.54 Å². The molecule has 2 N–H and O–H groups in total. The second-order valence-electron chi connectivity index (χ2n) is 5.69. The Bertz CT molecular complexity index is 429. The number of hydrazine groups is 1. The van der Waals surface area contributed by atoms with Gasteiger partial charge in [-0.15, -0.1) is 0 Å². The first-order chi connectivity index (χ1) is 9.90. The summed E-state index contributed by atoms with van der Waals surface area (Å²) >= 11 is 0. The van der Waals surface area contributed by atoms with Crippen LogP contribution in [0, 0.1) is 5.92 Å². The lowest BCUT2D eigenvalue weighted by Crippen LogP contribution is -2.59. The molecule has 0 aromatic carbocycles. The van der Waals surface area contributed by atoms with E-state index in [9.17, 15) is 9.59 Å². The highest BCUT2D eigenvalue weighted by molar-refractivity contribution is 5.84. The molecule has 5 heteroatoms. The molecule has 1 fully saturated rings. The van der Waals surface area contributed by atoms with Gasteiger partial charge in [0.15, 0.2) is 0 Å². The second-order valence-corrected chi connectivity index (χ2v) is 5.69. The molecule has 0 saturated carbocycles. The van der Waals surface area contributed by atoms with Gasteiger partial charge in [0.1, 0.15) is 6.04 Å². The predicted octanol–water partition coefficient (Wildman–Crippen LogP) is 1.77. The van der Waals surface area contributed by atoms with Crippen LogP contribution in [0.3, 0.4) is 0 Å². The van der Waals surface area contributed by atoms with Gasteiger partial charge < -0.3 is 5.32 Å². The van der Waals surface area contributed by atoms with Crippen LogP contribution < -0.4 is 10.7 Å². The number of amides is 2. The van der Waals surface area contributed by atoms with Crippen LogP contribution in [0.1, 0.15) is 40.5 Å². The van der Waals surface area contributed by atoms with Crippen LogP contribution in [-0.2, 0) is 9.59 Å². The molecule has 2 atom stereocenters. The van der Waals surface area contributed by atoms with E-state index in [1.807, 2.05) is 33.8 Å². The summed E-state index contributed by atoms with van der Waals surface area (Å²) in [5.41, 5.74) is 4.02. The van der Waals surface area contributed by atoms with Crippen molar-refractivity contribution in [1.82, 2.24) is 15.8 Å². The van der Waals surface area contributed by atoms with Crippen molar-refractivity contribution in [3.05, 3.63) is 24.3 Å². The van der Waals surface area contributed by atoms with Crippen LogP contribution >= 0.6 is 0 Å². The number of hydrogen-bond acceptors (Lipinski definition) is 3. The van der Waals surface area contributed by atoms with Crippen LogP contribution in [0.4, 0.5) is 0 Å². The van der Waals surface area contributed by atoms with Gasteiger partial charge in [-0.25, -0.2) is 5.43 Å². The van der Waals surface area contributed by atoms with Crippen LogP contribution in [-0.4, -0.2) is 35.5 Å². The summed E-state index contributed by atoms with van der Waals surface area (Å²) in [5, 5.41) is 4.54. The van der Waals surface area contributed by atoms with Crippen molar-refractivity contribution in [3.8, 4) is 0 Å². The molecule has 2 unspecified atom stereocenters. The molecule has 0 radical (unpaired) electrons. The van der Waals surface area contributed by atoms with Gasteiger partial charge in [0.2, 0.25) is 11.8 Å². The maximum Gasteiger partial charge on any atom is 0.239 e. The van der Waals surface area contributed by atoms with Crippen molar-refractivity contribution in [2.24, 2.45) is 5.92 Å². The molecule has 0 aliphatic carbocycles. The number of rotatable bonds is 5. The number of carbonyl (C=O) groups is 2. The first kappa shape index (κ1) is 17.4. The van der Waals surface area contributed by atoms with E-state index in [0.29, 0.717) is 6.54 Å². The summed E-state index contributed by atoms with van der Waals surface area (Å²) in [6.45, 7) is 12.0. The fourth-order valence-corrected chi connectivity index (χ4v) is 2.39. The molecule has 0 bridgehead atoms. The minimum atomic E-state index is -0.355. The van der Waals surface area contributed by atoms with Crippen molar-refractivity contribution in [2.45, 2.75) is 52.6 Å². The molecule has 0 aromatic heterocycles. The van der Waals surface area contributed by atoms with Gasteiger partial charge in [-0.2, -0.15) is 0 Å². The highest BCUT2D eigenvalue weighted by Gasteiger charge is 2.29. The summed E-state index contributed by atoms with van der Waals surface area (Å²) in [5.74, 6) is -0.126. The average Bonchev–Trinajstić information content (AvgIpc) is 2.47. The standard InChI is InChI=1S/C16H27N3O2/c1-6-13(7-2)12(5)17-15(20)14-9-8-10-19(18-14)16(21)11(3)4/h6-7,11-12,14,18H,1,8-10H2,2-5H3,(H,17,20). The Hall–Kier alpha value is -1.62. The zero-order valence-corrected chi connectivity index (χ0v) is 13.5. The Labute approximate surface area is 127 Å². The first-order valence-corrected chi connectivity index (χ1v) is 7.57. The molecule has 118 valence electrons. The molecular weight excluding hydrogens is 266 g/mol. The molecule has 1 aliphatic rings. The fourth-order valence-electron chi connectivity index (χ4n) is 2.39. The number of nitrogens with one attached hydrogen (secondary N) is 2. The third-order valence-electron chi connectivity index (χ3n) is 3.69. The molecule has 5 nitrogen and oxygen atoms in total. The van der Waals surface area contributed by atoms with E-state index in [1.54, 1.807) is 11.1 Å². The molecular formula is C16H27N3O2. The van der Waals surface area contributed by atoms with Crippen LogP contribution in [0.2, 0.25) is 0 Å². The molecule has 1 aliphatic heterocycles. The minimum Gasteiger partial charge on any atom is -0.348 e. The van der Waals surface area contributed by atoms with E-state index in [2.05, 4.69) is 17.3 Å². The van der Waals surface area contributed by atoms with Crippen molar-refractivity contribution in [1.29, 1.82) is 0 Å². The van der Waals surface area contributed by atoms with E-state index < -0.39 is 0 Å². The van der Waals surface area contributed by atoms with Gasteiger partial charge in [0.05, 0.1) is 6.04 Å². The Morgan fingerprint density at radius 3 is 2.57 bits per heavy atom. The second kappa shape index (κ2) is 7.98. The zero-order chi connectivity index (χ0) is 16.0. The molecule has 0 aromatic rings. The van der Waals surface area contributed by atoms with Crippen LogP contribution in [0.25, 0.3) is 0 Å². The Balaban J connectivity index is 2.62. The third-order valence-corrected chi connectivity index (χ3v) is 3.69. The molecule has 21 heavy (non-hydrogen) atoms. The van der Waals surface area contributed by atoms with Crippen LogP contribution in [0.15, 0.2) is 24.3 Å². The van der Waals surface area contributed by atoms with Crippen molar-refractivity contribution >= 4 is 11.8 Å². The number of hydrogen-bond donors (Lipinski definition) is 2. The molecule has 0 spiro atoms. The van der Waals surface area contributed by atoms with Gasteiger partial charge in [-0.1, -0.05) is 32.6 Å². The number of carbonyl (C=O) groups excluding carboxylic acids is 2. The van der Waals surface area contributed by atoms with Gasteiger partial charge in [-0.3, -0.25) is 14.6 Å². The highest BCUT2D eigenvalue weighted by atomic mass is 16.2. The largest absolute Gasteiger partial charge is 0.348 e. The van der Waals surface area contributed by atoms with E-state index in [4.69, 9.17) is 0 Å². The van der Waals surface area contributed by atoms with E-state index in [-0.39, 0.29) is 29.8 Å². The number of allylic oxidation sites excluding steroid dienone is 1. The smallest absolute Gasteiger partial charge is 0.239 e. The minimum absolute atomic E-state index is 0.0285. The summed E-state index contributed by atoms with van der Waals surface area (Å²) in [7, 11) is 0. The van der Waals surface area contributed by atoms with E-state index >= 15 is 0 Å². The van der Waals surface area contributed by atoms with E-state index in [1.165, 1.54) is 0 Å². The lowest BCUT2D eigenvalue weighted by atomic mass is 10.1. The lowest BCUT2D eigenvalue weighted by molar-refractivity contribution is -0.142. The van der Waals surface area contributed by atoms with Gasteiger partial charge >= 0.3 is 0 Å². The maximum absolute atomic E-state index is 12.3. The Kier molecular flexibility index (Phi) is 6.62. The Morgan fingerprint density at radius 1 is 1.38 bits per heavy atom. The van der Waals surface area contributed by atoms with Crippen molar-refractivity contribution < 1.29 is 9.59 Å². The molecule has 1 rings (SSSR count). The maximum atomic E-state index is 12.3. The Morgan fingerprint density at radius 2 is 2.05 bits per heavy atom. The third kappa shape index (κ3) is 4.70. The normalized spacial score (nSPS) is 21.1.